The van der Waals surface area contributed by atoms with E-state index in [-0.39, 0.29) is 17.8 Å². The minimum absolute atomic E-state index is 0.0138. The molecule has 1 atom stereocenters. The van der Waals surface area contributed by atoms with Crippen LogP contribution in [0.4, 0.5) is 8.78 Å². The lowest BCUT2D eigenvalue weighted by Gasteiger charge is -2.12. The highest BCUT2D eigenvalue weighted by Crippen LogP contribution is 2.18. The van der Waals surface area contributed by atoms with E-state index < -0.39 is 17.7 Å². The molecule has 0 radical (unpaired) electrons. The third kappa shape index (κ3) is 2.17. The number of nitrogens with two attached hydrogens (primary N) is 1. The van der Waals surface area contributed by atoms with Crippen molar-refractivity contribution in [2.24, 2.45) is 12.8 Å². The highest BCUT2D eigenvalue weighted by atomic mass is 19.2. The molecule has 0 amide bonds. The van der Waals surface area contributed by atoms with E-state index in [4.69, 9.17) is 5.73 Å². The van der Waals surface area contributed by atoms with E-state index in [0.29, 0.717) is 0 Å². The average Bonchev–Trinajstić information content (AvgIpc) is 2.64. The SMILES string of the molecule is Cn1cnn(CC(N)c2cccc(F)c2F)c1=O. The van der Waals surface area contributed by atoms with Gasteiger partial charge >= 0.3 is 5.69 Å². The van der Waals surface area contributed by atoms with Gasteiger partial charge in [-0.05, 0) is 6.07 Å². The summed E-state index contributed by atoms with van der Waals surface area (Å²) < 4.78 is 28.9. The molecule has 1 unspecified atom stereocenters. The van der Waals surface area contributed by atoms with Gasteiger partial charge in [0, 0.05) is 12.6 Å². The van der Waals surface area contributed by atoms with Crippen molar-refractivity contribution >= 4 is 0 Å². The van der Waals surface area contributed by atoms with Crippen molar-refractivity contribution in [3.8, 4) is 0 Å². The van der Waals surface area contributed by atoms with Crippen LogP contribution in [0.25, 0.3) is 0 Å². The Morgan fingerprint density at radius 3 is 2.78 bits per heavy atom. The zero-order valence-corrected chi connectivity index (χ0v) is 9.68. The van der Waals surface area contributed by atoms with Crippen LogP contribution in [0.3, 0.4) is 0 Å². The Hall–Kier alpha value is -2.02. The van der Waals surface area contributed by atoms with Gasteiger partial charge in [-0.2, -0.15) is 5.10 Å². The second-order valence-electron chi connectivity index (χ2n) is 3.96. The second-order valence-corrected chi connectivity index (χ2v) is 3.96. The van der Waals surface area contributed by atoms with Gasteiger partial charge in [-0.1, -0.05) is 12.1 Å². The number of halogens is 2. The number of hydrogen-bond donors (Lipinski definition) is 1. The summed E-state index contributed by atoms with van der Waals surface area (Å²) in [5.41, 5.74) is 5.42. The molecule has 2 aromatic rings. The summed E-state index contributed by atoms with van der Waals surface area (Å²) in [6.07, 6.45) is 1.33. The number of rotatable bonds is 3. The second kappa shape index (κ2) is 4.69. The number of hydrogen-bond acceptors (Lipinski definition) is 3. The number of benzene rings is 1. The minimum atomic E-state index is -0.992. The fourth-order valence-corrected chi connectivity index (χ4v) is 1.64. The molecule has 0 saturated carbocycles. The molecule has 0 bridgehead atoms. The molecule has 2 rings (SSSR count). The van der Waals surface area contributed by atoms with Crippen molar-refractivity contribution in [2.45, 2.75) is 12.6 Å². The Morgan fingerprint density at radius 1 is 1.44 bits per heavy atom. The maximum Gasteiger partial charge on any atom is 0.345 e. The largest absolute Gasteiger partial charge is 0.345 e. The first-order valence-corrected chi connectivity index (χ1v) is 5.28. The molecule has 18 heavy (non-hydrogen) atoms. The summed E-state index contributed by atoms with van der Waals surface area (Å²) >= 11 is 0. The molecule has 7 heteroatoms. The lowest BCUT2D eigenvalue weighted by atomic mass is 10.1. The molecule has 2 N–H and O–H groups in total. The smallest absolute Gasteiger partial charge is 0.322 e. The van der Waals surface area contributed by atoms with Crippen LogP contribution in [0, 0.1) is 11.6 Å². The standard InChI is InChI=1S/C11H12F2N4O/c1-16-6-15-17(11(16)18)5-9(14)7-3-2-4-8(12)10(7)13/h2-4,6,9H,5,14H2,1H3. The van der Waals surface area contributed by atoms with Crippen molar-refractivity contribution in [3.05, 3.63) is 52.2 Å². The van der Waals surface area contributed by atoms with E-state index in [2.05, 4.69) is 5.10 Å². The average molecular weight is 254 g/mol. The molecule has 0 spiro atoms. The third-order valence-electron chi connectivity index (χ3n) is 2.64. The van der Waals surface area contributed by atoms with E-state index in [0.717, 1.165) is 10.7 Å². The summed E-state index contributed by atoms with van der Waals surface area (Å²) in [4.78, 5) is 11.5. The van der Waals surface area contributed by atoms with Crippen molar-refractivity contribution < 1.29 is 8.78 Å². The summed E-state index contributed by atoms with van der Waals surface area (Å²) in [6, 6.07) is 2.93. The minimum Gasteiger partial charge on any atom is -0.322 e. The highest BCUT2D eigenvalue weighted by Gasteiger charge is 2.16. The van der Waals surface area contributed by atoms with Crippen molar-refractivity contribution in [1.29, 1.82) is 0 Å². The molecule has 0 aliphatic heterocycles. The summed E-state index contributed by atoms with van der Waals surface area (Å²) in [6.45, 7) is -0.0138. The summed E-state index contributed by atoms with van der Waals surface area (Å²) in [5.74, 6) is -1.95. The highest BCUT2D eigenvalue weighted by molar-refractivity contribution is 5.22. The lowest BCUT2D eigenvalue weighted by Crippen LogP contribution is -2.29. The Morgan fingerprint density at radius 2 is 2.17 bits per heavy atom. The molecular weight excluding hydrogens is 242 g/mol. The Labute approximate surface area is 101 Å². The molecule has 0 saturated heterocycles. The van der Waals surface area contributed by atoms with E-state index in [1.807, 2.05) is 0 Å². The summed E-state index contributed by atoms with van der Waals surface area (Å²) in [5, 5.41) is 3.80. The van der Waals surface area contributed by atoms with E-state index in [9.17, 15) is 13.6 Å². The van der Waals surface area contributed by atoms with Crippen molar-refractivity contribution in [2.75, 3.05) is 0 Å². The van der Waals surface area contributed by atoms with E-state index >= 15 is 0 Å². The lowest BCUT2D eigenvalue weighted by molar-refractivity contribution is 0.458. The Bertz CT molecular complexity index is 620. The predicted octanol–water partition coefficient (Wildman–Crippen LogP) is 0.560. The maximum absolute atomic E-state index is 13.5. The Balaban J connectivity index is 2.27. The molecule has 0 aliphatic carbocycles. The zero-order chi connectivity index (χ0) is 13.3. The van der Waals surface area contributed by atoms with Gasteiger partial charge in [0.1, 0.15) is 6.33 Å². The van der Waals surface area contributed by atoms with Gasteiger partial charge in [0.2, 0.25) is 0 Å². The van der Waals surface area contributed by atoms with Crippen LogP contribution in [0.1, 0.15) is 11.6 Å². The fraction of sp³-hybridized carbons (Fsp3) is 0.273. The molecule has 96 valence electrons. The molecule has 5 nitrogen and oxygen atoms in total. The monoisotopic (exact) mass is 254 g/mol. The normalized spacial score (nSPS) is 12.7. The van der Waals surface area contributed by atoms with Crippen LogP contribution in [0.15, 0.2) is 29.3 Å². The maximum atomic E-state index is 13.5. The van der Waals surface area contributed by atoms with E-state index in [1.54, 1.807) is 7.05 Å². The molecule has 1 aromatic carbocycles. The summed E-state index contributed by atoms with van der Waals surface area (Å²) in [7, 11) is 1.54. The van der Waals surface area contributed by atoms with Crippen molar-refractivity contribution in [3.63, 3.8) is 0 Å². The topological polar surface area (TPSA) is 65.8 Å². The van der Waals surface area contributed by atoms with Crippen LogP contribution >= 0.6 is 0 Å². The number of aryl methyl sites for hydroxylation is 1. The molecule has 1 heterocycles. The Kier molecular flexibility index (Phi) is 3.24. The zero-order valence-electron chi connectivity index (χ0n) is 9.68. The van der Waals surface area contributed by atoms with Crippen LogP contribution in [-0.4, -0.2) is 14.3 Å². The first-order chi connectivity index (χ1) is 8.50. The van der Waals surface area contributed by atoms with Gasteiger partial charge in [-0.25, -0.2) is 18.3 Å². The first-order valence-electron chi connectivity index (χ1n) is 5.28. The first kappa shape index (κ1) is 12.4. The predicted molar refractivity (Wildman–Crippen MR) is 60.8 cm³/mol. The van der Waals surface area contributed by atoms with Gasteiger partial charge in [-0.15, -0.1) is 0 Å². The molecule has 0 fully saturated rings. The van der Waals surface area contributed by atoms with Gasteiger partial charge in [0.05, 0.1) is 12.6 Å². The van der Waals surface area contributed by atoms with Crippen LogP contribution < -0.4 is 11.4 Å². The van der Waals surface area contributed by atoms with Gasteiger partial charge in [0.25, 0.3) is 0 Å². The van der Waals surface area contributed by atoms with Gasteiger partial charge < -0.3 is 5.73 Å². The molecular formula is C11H12F2N4O. The fourth-order valence-electron chi connectivity index (χ4n) is 1.64. The third-order valence-corrected chi connectivity index (χ3v) is 2.64. The quantitative estimate of drug-likeness (QED) is 0.870. The van der Waals surface area contributed by atoms with Crippen molar-refractivity contribution in [1.82, 2.24) is 14.3 Å². The molecule has 0 aliphatic rings. The van der Waals surface area contributed by atoms with E-state index in [1.165, 1.54) is 23.0 Å². The van der Waals surface area contributed by atoms with Crippen LogP contribution in [-0.2, 0) is 13.6 Å². The van der Waals surface area contributed by atoms with Gasteiger partial charge in [0.15, 0.2) is 11.6 Å². The number of aromatic nitrogens is 3. The van der Waals surface area contributed by atoms with Crippen LogP contribution in [0.5, 0.6) is 0 Å². The number of nitrogens with zero attached hydrogens (tertiary/aromatic N) is 3. The van der Waals surface area contributed by atoms with Gasteiger partial charge in [-0.3, -0.25) is 4.57 Å². The molecule has 1 aromatic heterocycles. The van der Waals surface area contributed by atoms with Crippen LogP contribution in [0.2, 0.25) is 0 Å².